The topological polar surface area (TPSA) is 143 Å². The lowest BCUT2D eigenvalue weighted by molar-refractivity contribution is -0.116. The second-order valence-corrected chi connectivity index (χ2v) is 9.60. The first-order chi connectivity index (χ1) is 18.0. The average Bonchev–Trinajstić information content (AvgIpc) is 3.08. The van der Waals surface area contributed by atoms with Crippen LogP contribution in [0.1, 0.15) is 64.7 Å². The summed E-state index contributed by atoms with van der Waals surface area (Å²) in [7, 11) is 1.54. The number of nitrogens with one attached hydrogen (secondary N) is 3. The molecule has 0 fully saturated rings. The summed E-state index contributed by atoms with van der Waals surface area (Å²) < 4.78 is 10.1. The Bertz CT molecular complexity index is 1240. The Morgan fingerprint density at radius 3 is 2.24 bits per heavy atom. The Balaban J connectivity index is 1.62. The average molecular weight is 525 g/mol. The van der Waals surface area contributed by atoms with Crippen molar-refractivity contribution in [2.24, 2.45) is 0 Å². The fourth-order valence-electron chi connectivity index (χ4n) is 3.70. The van der Waals surface area contributed by atoms with Crippen molar-refractivity contribution in [1.82, 2.24) is 10.2 Å². The third-order valence-corrected chi connectivity index (χ3v) is 5.43. The van der Waals surface area contributed by atoms with Crippen molar-refractivity contribution >= 4 is 41.1 Å². The smallest absolute Gasteiger partial charge is 0.407 e. The van der Waals surface area contributed by atoms with E-state index < -0.39 is 29.4 Å². The van der Waals surface area contributed by atoms with Crippen LogP contribution < -0.4 is 16.0 Å². The minimum Gasteiger partial charge on any atom is -0.444 e. The highest BCUT2D eigenvalue weighted by atomic mass is 16.6. The van der Waals surface area contributed by atoms with Gasteiger partial charge in [0.05, 0.1) is 22.5 Å². The molecule has 3 N–H and O–H groups in total. The van der Waals surface area contributed by atoms with Crippen molar-refractivity contribution in [2.75, 3.05) is 37.4 Å². The summed E-state index contributed by atoms with van der Waals surface area (Å²) in [6, 6.07) is 11.0. The number of para-hydroxylation sites is 2. The van der Waals surface area contributed by atoms with Crippen molar-refractivity contribution in [2.45, 2.75) is 39.2 Å². The number of carbonyl (C=O) groups is 5. The Kier molecular flexibility index (Phi) is 9.19. The Morgan fingerprint density at radius 2 is 1.58 bits per heavy atom. The van der Waals surface area contributed by atoms with Crippen LogP contribution in [0.5, 0.6) is 0 Å². The van der Waals surface area contributed by atoms with Crippen LogP contribution in [-0.2, 0) is 14.3 Å². The van der Waals surface area contributed by atoms with E-state index in [1.54, 1.807) is 52.1 Å². The van der Waals surface area contributed by atoms with Crippen molar-refractivity contribution in [3.63, 3.8) is 0 Å². The SMILES string of the molecule is COCCCN1C(=O)c2ccc(C(=O)Nc3ccccc3NC(=O)CCNC(=O)OC(C)(C)C)cc2C1=O. The van der Waals surface area contributed by atoms with Gasteiger partial charge >= 0.3 is 6.09 Å². The molecule has 0 atom stereocenters. The Morgan fingerprint density at radius 1 is 0.921 bits per heavy atom. The lowest BCUT2D eigenvalue weighted by Crippen LogP contribution is -2.34. The number of alkyl carbamates (subject to hydrolysis) is 1. The summed E-state index contributed by atoms with van der Waals surface area (Å²) in [5.74, 6) is -1.75. The predicted octanol–water partition coefficient (Wildman–Crippen LogP) is 3.42. The molecule has 5 amide bonds. The third-order valence-electron chi connectivity index (χ3n) is 5.43. The molecule has 0 radical (unpaired) electrons. The van der Waals surface area contributed by atoms with Gasteiger partial charge in [0, 0.05) is 38.8 Å². The maximum atomic E-state index is 13.0. The zero-order valence-corrected chi connectivity index (χ0v) is 21.9. The van der Waals surface area contributed by atoms with Crippen LogP contribution in [-0.4, -0.2) is 67.0 Å². The molecule has 202 valence electrons. The standard InChI is InChI=1S/C27H32N4O7/c1-27(2,3)38-26(36)28-13-12-22(32)29-20-8-5-6-9-21(20)30-23(33)17-10-11-18-19(16-17)25(35)31(24(18)34)14-7-15-37-4/h5-6,8-11,16H,7,12-15H2,1-4H3,(H,28,36)(H,29,32)(H,30,33). The van der Waals surface area contributed by atoms with Gasteiger partial charge in [-0.2, -0.15) is 0 Å². The monoisotopic (exact) mass is 524 g/mol. The molecule has 0 bridgehead atoms. The summed E-state index contributed by atoms with van der Waals surface area (Å²) in [6.07, 6.45) is -0.122. The summed E-state index contributed by atoms with van der Waals surface area (Å²) in [6.45, 7) is 5.93. The van der Waals surface area contributed by atoms with Crippen LogP contribution in [0.3, 0.4) is 0 Å². The van der Waals surface area contributed by atoms with Gasteiger partial charge in [0.15, 0.2) is 0 Å². The number of ether oxygens (including phenoxy) is 2. The first-order valence-corrected chi connectivity index (χ1v) is 12.2. The molecule has 0 unspecified atom stereocenters. The summed E-state index contributed by atoms with van der Waals surface area (Å²) >= 11 is 0. The number of fused-ring (bicyclic) bond motifs is 1. The normalized spacial score (nSPS) is 12.7. The highest BCUT2D eigenvalue weighted by Crippen LogP contribution is 2.26. The molecule has 0 saturated carbocycles. The predicted molar refractivity (Wildman–Crippen MR) is 140 cm³/mol. The Labute approximate surface area is 220 Å². The van der Waals surface area contributed by atoms with E-state index in [0.717, 1.165) is 4.90 Å². The molecule has 1 aliphatic rings. The summed E-state index contributed by atoms with van der Waals surface area (Å²) in [5.41, 5.74) is 0.659. The summed E-state index contributed by atoms with van der Waals surface area (Å²) in [5, 5.41) is 7.96. The van der Waals surface area contributed by atoms with Gasteiger partial charge < -0.3 is 25.4 Å². The highest BCUT2D eigenvalue weighted by molar-refractivity contribution is 6.22. The van der Waals surface area contributed by atoms with E-state index >= 15 is 0 Å². The van der Waals surface area contributed by atoms with Gasteiger partial charge in [-0.15, -0.1) is 0 Å². The Hall–Kier alpha value is -4.25. The zero-order valence-electron chi connectivity index (χ0n) is 21.9. The summed E-state index contributed by atoms with van der Waals surface area (Å²) in [4.78, 5) is 63.6. The van der Waals surface area contributed by atoms with Crippen LogP contribution in [0.2, 0.25) is 0 Å². The largest absolute Gasteiger partial charge is 0.444 e. The van der Waals surface area contributed by atoms with E-state index in [4.69, 9.17) is 9.47 Å². The first-order valence-electron chi connectivity index (χ1n) is 12.2. The van der Waals surface area contributed by atoms with Crippen LogP contribution in [0.15, 0.2) is 42.5 Å². The lowest BCUT2D eigenvalue weighted by Gasteiger charge is -2.19. The number of methoxy groups -OCH3 is 1. The van der Waals surface area contributed by atoms with Crippen LogP contribution in [0, 0.1) is 0 Å². The molecule has 2 aromatic carbocycles. The number of anilines is 2. The van der Waals surface area contributed by atoms with E-state index in [-0.39, 0.29) is 42.1 Å². The number of carbonyl (C=O) groups excluding carboxylic acids is 5. The molecular formula is C27H32N4O7. The lowest BCUT2D eigenvalue weighted by atomic mass is 10.1. The van der Waals surface area contributed by atoms with Crippen molar-refractivity contribution in [3.8, 4) is 0 Å². The molecule has 38 heavy (non-hydrogen) atoms. The van der Waals surface area contributed by atoms with Crippen molar-refractivity contribution in [3.05, 3.63) is 59.2 Å². The number of benzene rings is 2. The molecule has 2 aromatic rings. The maximum absolute atomic E-state index is 13.0. The van der Waals surface area contributed by atoms with Gasteiger partial charge in [0.2, 0.25) is 5.91 Å². The number of hydrogen-bond donors (Lipinski definition) is 3. The zero-order chi connectivity index (χ0) is 27.9. The molecule has 0 aromatic heterocycles. The number of nitrogens with zero attached hydrogens (tertiary/aromatic N) is 1. The van der Waals surface area contributed by atoms with E-state index in [1.165, 1.54) is 18.2 Å². The third kappa shape index (κ3) is 7.39. The van der Waals surface area contributed by atoms with Crippen molar-refractivity contribution in [1.29, 1.82) is 0 Å². The maximum Gasteiger partial charge on any atom is 0.407 e. The highest BCUT2D eigenvalue weighted by Gasteiger charge is 2.35. The number of hydrogen-bond acceptors (Lipinski definition) is 7. The molecule has 0 aliphatic carbocycles. The van der Waals surface area contributed by atoms with Gasteiger partial charge in [-0.25, -0.2) is 4.79 Å². The molecule has 0 spiro atoms. The van der Waals surface area contributed by atoms with E-state index in [2.05, 4.69) is 16.0 Å². The van der Waals surface area contributed by atoms with Crippen LogP contribution in [0.4, 0.5) is 16.2 Å². The molecular weight excluding hydrogens is 492 g/mol. The molecule has 1 heterocycles. The minimum atomic E-state index is -0.644. The van der Waals surface area contributed by atoms with E-state index in [0.29, 0.717) is 24.4 Å². The molecule has 11 heteroatoms. The van der Waals surface area contributed by atoms with Gasteiger partial charge in [-0.05, 0) is 57.5 Å². The first kappa shape index (κ1) is 28.3. The molecule has 3 rings (SSSR count). The number of imide groups is 1. The van der Waals surface area contributed by atoms with Gasteiger partial charge in [0.1, 0.15) is 5.60 Å². The fraction of sp³-hybridized carbons (Fsp3) is 0.370. The fourth-order valence-corrected chi connectivity index (χ4v) is 3.70. The van der Waals surface area contributed by atoms with Crippen molar-refractivity contribution < 1.29 is 33.4 Å². The second-order valence-electron chi connectivity index (χ2n) is 9.60. The van der Waals surface area contributed by atoms with E-state index in [1.807, 2.05) is 0 Å². The van der Waals surface area contributed by atoms with E-state index in [9.17, 15) is 24.0 Å². The van der Waals surface area contributed by atoms with Gasteiger partial charge in [-0.3, -0.25) is 24.1 Å². The quantitative estimate of drug-likeness (QED) is 0.319. The van der Waals surface area contributed by atoms with Crippen LogP contribution in [0.25, 0.3) is 0 Å². The minimum absolute atomic E-state index is 0.0105. The van der Waals surface area contributed by atoms with Gasteiger partial charge in [-0.1, -0.05) is 12.1 Å². The molecule has 0 saturated heterocycles. The molecule has 11 nitrogen and oxygen atoms in total. The van der Waals surface area contributed by atoms with Gasteiger partial charge in [0.25, 0.3) is 17.7 Å². The number of amides is 5. The number of rotatable bonds is 10. The second kappa shape index (κ2) is 12.3. The van der Waals surface area contributed by atoms with Crippen LogP contribution >= 0.6 is 0 Å². The molecule has 1 aliphatic heterocycles.